The summed E-state index contributed by atoms with van der Waals surface area (Å²) in [6.07, 6.45) is 1.66. The molecule has 0 amide bonds. The fourth-order valence-corrected chi connectivity index (χ4v) is 1.64. The van der Waals surface area contributed by atoms with E-state index in [1.54, 1.807) is 12.3 Å². The van der Waals surface area contributed by atoms with Gasteiger partial charge in [-0.3, -0.25) is 0 Å². The number of hydrogen-bond donors (Lipinski definition) is 1. The molecule has 0 aliphatic rings. The Bertz CT molecular complexity index is 527. The van der Waals surface area contributed by atoms with Crippen molar-refractivity contribution in [3.05, 3.63) is 52.7 Å². The van der Waals surface area contributed by atoms with Gasteiger partial charge in [-0.2, -0.15) is 0 Å². The maximum Gasteiger partial charge on any atom is 0.146 e. The molecule has 0 aliphatic carbocycles. The van der Waals surface area contributed by atoms with Gasteiger partial charge in [-0.05, 0) is 25.2 Å². The van der Waals surface area contributed by atoms with Crippen LogP contribution in [0.4, 0.5) is 4.39 Å². The number of ether oxygens (including phenoxy) is 1. The smallest absolute Gasteiger partial charge is 0.146 e. The molecule has 2 rings (SSSR count). The van der Waals surface area contributed by atoms with Crippen LogP contribution in [0.3, 0.4) is 0 Å². The van der Waals surface area contributed by atoms with Gasteiger partial charge in [0.2, 0.25) is 0 Å². The number of furan rings is 1. The third-order valence-corrected chi connectivity index (χ3v) is 2.67. The van der Waals surface area contributed by atoms with Crippen molar-refractivity contribution in [2.75, 3.05) is 7.05 Å². The fraction of sp³-hybridized carbons (Fsp3) is 0.231. The van der Waals surface area contributed by atoms with Crippen molar-refractivity contribution < 1.29 is 13.5 Å². The second-order valence-corrected chi connectivity index (χ2v) is 4.22. The molecule has 0 atom stereocenters. The summed E-state index contributed by atoms with van der Waals surface area (Å²) >= 11 is 5.58. The van der Waals surface area contributed by atoms with E-state index < -0.39 is 5.82 Å². The molecule has 0 fully saturated rings. The topological polar surface area (TPSA) is 34.4 Å². The third kappa shape index (κ3) is 3.24. The standard InChI is InChI=1S/C13H13ClFNO2/c1-16-6-9-4-11(17-7-9)8-18-10-2-3-12(14)13(15)5-10/h2-5,7,16H,6,8H2,1H3. The van der Waals surface area contributed by atoms with Gasteiger partial charge in [0.25, 0.3) is 0 Å². The second kappa shape index (κ2) is 5.89. The molecule has 0 radical (unpaired) electrons. The lowest BCUT2D eigenvalue weighted by Gasteiger charge is -2.04. The first-order valence-electron chi connectivity index (χ1n) is 5.48. The van der Waals surface area contributed by atoms with Crippen LogP contribution in [0.15, 0.2) is 34.9 Å². The Labute approximate surface area is 110 Å². The third-order valence-electron chi connectivity index (χ3n) is 2.36. The highest BCUT2D eigenvalue weighted by Crippen LogP contribution is 2.21. The first-order chi connectivity index (χ1) is 8.69. The number of nitrogens with one attached hydrogen (secondary N) is 1. The lowest BCUT2D eigenvalue weighted by atomic mass is 10.3. The number of rotatable bonds is 5. The molecular formula is C13H13ClFNO2. The molecule has 0 saturated carbocycles. The molecular weight excluding hydrogens is 257 g/mol. The largest absolute Gasteiger partial charge is 0.486 e. The quantitative estimate of drug-likeness (QED) is 0.904. The zero-order valence-electron chi connectivity index (χ0n) is 9.87. The van der Waals surface area contributed by atoms with Gasteiger partial charge in [-0.15, -0.1) is 0 Å². The lowest BCUT2D eigenvalue weighted by molar-refractivity contribution is 0.269. The van der Waals surface area contributed by atoms with Gasteiger partial charge in [0, 0.05) is 18.2 Å². The fourth-order valence-electron chi connectivity index (χ4n) is 1.52. The molecule has 1 heterocycles. The van der Waals surface area contributed by atoms with E-state index in [0.29, 0.717) is 11.5 Å². The van der Waals surface area contributed by atoms with Gasteiger partial charge < -0.3 is 14.5 Å². The predicted molar refractivity (Wildman–Crippen MR) is 67.2 cm³/mol. The molecule has 0 aliphatic heterocycles. The van der Waals surface area contributed by atoms with E-state index in [0.717, 1.165) is 12.1 Å². The summed E-state index contributed by atoms with van der Waals surface area (Å²) in [5.74, 6) is 0.614. The second-order valence-electron chi connectivity index (χ2n) is 3.82. The van der Waals surface area contributed by atoms with E-state index in [1.165, 1.54) is 12.1 Å². The Balaban J connectivity index is 1.95. The van der Waals surface area contributed by atoms with Crippen molar-refractivity contribution in [1.82, 2.24) is 5.32 Å². The van der Waals surface area contributed by atoms with Crippen LogP contribution in [0, 0.1) is 5.82 Å². The van der Waals surface area contributed by atoms with Crippen LogP contribution >= 0.6 is 11.6 Å². The lowest BCUT2D eigenvalue weighted by Crippen LogP contribution is -2.03. The first kappa shape index (κ1) is 12.9. The Kier molecular flexibility index (Phi) is 4.23. The summed E-state index contributed by atoms with van der Waals surface area (Å²) in [6.45, 7) is 0.990. The van der Waals surface area contributed by atoms with E-state index in [2.05, 4.69) is 5.32 Å². The minimum Gasteiger partial charge on any atom is -0.486 e. The monoisotopic (exact) mass is 269 g/mol. The highest BCUT2D eigenvalue weighted by Gasteiger charge is 2.05. The summed E-state index contributed by atoms with van der Waals surface area (Å²) in [5, 5.41) is 3.10. The zero-order chi connectivity index (χ0) is 13.0. The molecule has 1 aromatic heterocycles. The van der Waals surface area contributed by atoms with Crippen molar-refractivity contribution in [1.29, 1.82) is 0 Å². The molecule has 5 heteroatoms. The zero-order valence-corrected chi connectivity index (χ0v) is 10.6. The minimum atomic E-state index is -0.496. The van der Waals surface area contributed by atoms with E-state index in [-0.39, 0.29) is 11.6 Å². The summed E-state index contributed by atoms with van der Waals surface area (Å²) in [7, 11) is 1.86. The van der Waals surface area contributed by atoms with E-state index >= 15 is 0 Å². The normalized spacial score (nSPS) is 10.6. The predicted octanol–water partition coefficient (Wildman–Crippen LogP) is 3.37. The van der Waals surface area contributed by atoms with Crippen molar-refractivity contribution >= 4 is 11.6 Å². The highest BCUT2D eigenvalue weighted by molar-refractivity contribution is 6.30. The van der Waals surface area contributed by atoms with Gasteiger partial charge >= 0.3 is 0 Å². The average molecular weight is 270 g/mol. The number of hydrogen-bond acceptors (Lipinski definition) is 3. The van der Waals surface area contributed by atoms with Crippen LogP contribution in [-0.4, -0.2) is 7.05 Å². The molecule has 0 saturated heterocycles. The molecule has 18 heavy (non-hydrogen) atoms. The molecule has 0 spiro atoms. The van der Waals surface area contributed by atoms with Crippen LogP contribution in [0.25, 0.3) is 0 Å². The Morgan fingerprint density at radius 2 is 2.22 bits per heavy atom. The van der Waals surface area contributed by atoms with Gasteiger partial charge in [-0.1, -0.05) is 11.6 Å². The first-order valence-corrected chi connectivity index (χ1v) is 5.85. The SMILES string of the molecule is CNCc1coc(COc2ccc(Cl)c(F)c2)c1. The molecule has 0 bridgehead atoms. The highest BCUT2D eigenvalue weighted by atomic mass is 35.5. The van der Waals surface area contributed by atoms with Crippen molar-refractivity contribution in [3.8, 4) is 5.75 Å². The summed E-state index contributed by atoms with van der Waals surface area (Å²) in [5.41, 5.74) is 1.04. The molecule has 96 valence electrons. The summed E-state index contributed by atoms with van der Waals surface area (Å²) < 4.78 is 23.9. The molecule has 0 unspecified atom stereocenters. The van der Waals surface area contributed by atoms with Gasteiger partial charge in [-0.25, -0.2) is 4.39 Å². The van der Waals surface area contributed by atoms with Gasteiger partial charge in [0.15, 0.2) is 0 Å². The van der Waals surface area contributed by atoms with Crippen LogP contribution in [0.2, 0.25) is 5.02 Å². The maximum absolute atomic E-state index is 13.2. The summed E-state index contributed by atoms with van der Waals surface area (Å²) in [4.78, 5) is 0. The average Bonchev–Trinajstić information content (AvgIpc) is 2.79. The van der Waals surface area contributed by atoms with Crippen molar-refractivity contribution in [3.63, 3.8) is 0 Å². The van der Waals surface area contributed by atoms with E-state index in [1.807, 2.05) is 13.1 Å². The van der Waals surface area contributed by atoms with Crippen LogP contribution in [-0.2, 0) is 13.2 Å². The van der Waals surface area contributed by atoms with Crippen LogP contribution in [0.1, 0.15) is 11.3 Å². The van der Waals surface area contributed by atoms with E-state index in [9.17, 15) is 4.39 Å². The van der Waals surface area contributed by atoms with E-state index in [4.69, 9.17) is 20.8 Å². The Morgan fingerprint density at radius 3 is 2.94 bits per heavy atom. The minimum absolute atomic E-state index is 0.0802. The van der Waals surface area contributed by atoms with Gasteiger partial charge in [0.05, 0.1) is 11.3 Å². The maximum atomic E-state index is 13.2. The van der Waals surface area contributed by atoms with Crippen LogP contribution < -0.4 is 10.1 Å². The molecule has 1 aromatic carbocycles. The Hall–Kier alpha value is -1.52. The molecule has 2 aromatic rings. The number of halogens is 2. The number of benzene rings is 1. The molecule has 3 nitrogen and oxygen atoms in total. The Morgan fingerprint density at radius 1 is 1.39 bits per heavy atom. The van der Waals surface area contributed by atoms with Crippen molar-refractivity contribution in [2.45, 2.75) is 13.2 Å². The van der Waals surface area contributed by atoms with Gasteiger partial charge in [0.1, 0.15) is 23.9 Å². The van der Waals surface area contributed by atoms with Crippen LogP contribution in [0.5, 0.6) is 5.75 Å². The van der Waals surface area contributed by atoms with Crippen molar-refractivity contribution in [2.24, 2.45) is 0 Å². The molecule has 1 N–H and O–H groups in total. The summed E-state index contributed by atoms with van der Waals surface area (Å²) in [6, 6.07) is 6.21.